The monoisotopic (exact) mass is 340 g/mol. The molecule has 1 atom stereocenters. The maximum absolute atomic E-state index is 12.9. The molecule has 0 bridgehead atoms. The first-order valence-corrected chi connectivity index (χ1v) is 8.37. The van der Waals surface area contributed by atoms with E-state index >= 15 is 0 Å². The van der Waals surface area contributed by atoms with Crippen molar-refractivity contribution < 1.29 is 14.0 Å². The van der Waals surface area contributed by atoms with Crippen molar-refractivity contribution in [2.24, 2.45) is 0 Å². The lowest BCUT2D eigenvalue weighted by Gasteiger charge is -2.23. The van der Waals surface area contributed by atoms with Gasteiger partial charge in [0.05, 0.1) is 19.0 Å². The zero-order valence-electron chi connectivity index (χ0n) is 14.2. The van der Waals surface area contributed by atoms with Crippen LogP contribution in [0.5, 0.6) is 0 Å². The SMILES string of the molecule is CN(CCc1ccc(F)cc1)C1CC(=O)N(Cc2ccccc2)C1=O. The first-order valence-electron chi connectivity index (χ1n) is 8.37. The van der Waals surface area contributed by atoms with E-state index in [-0.39, 0.29) is 24.1 Å². The summed E-state index contributed by atoms with van der Waals surface area (Å²) in [4.78, 5) is 28.1. The number of rotatable bonds is 6. The van der Waals surface area contributed by atoms with Gasteiger partial charge in [-0.3, -0.25) is 19.4 Å². The Hall–Kier alpha value is -2.53. The van der Waals surface area contributed by atoms with Gasteiger partial charge in [0.15, 0.2) is 0 Å². The van der Waals surface area contributed by atoms with Gasteiger partial charge < -0.3 is 0 Å². The van der Waals surface area contributed by atoms with Crippen molar-refractivity contribution in [1.29, 1.82) is 0 Å². The fourth-order valence-electron chi connectivity index (χ4n) is 3.05. The molecule has 0 N–H and O–H groups in total. The summed E-state index contributed by atoms with van der Waals surface area (Å²) in [7, 11) is 1.85. The number of carbonyl (C=O) groups is 2. The molecule has 2 aromatic rings. The summed E-state index contributed by atoms with van der Waals surface area (Å²) in [5.41, 5.74) is 1.95. The molecule has 0 spiro atoms. The van der Waals surface area contributed by atoms with Crippen molar-refractivity contribution in [1.82, 2.24) is 9.80 Å². The molecule has 1 aliphatic heterocycles. The molecule has 1 fully saturated rings. The molecule has 2 aromatic carbocycles. The number of benzene rings is 2. The molecule has 1 saturated heterocycles. The van der Waals surface area contributed by atoms with Gasteiger partial charge in [-0.15, -0.1) is 0 Å². The number of hydrogen-bond donors (Lipinski definition) is 0. The first-order chi connectivity index (χ1) is 12.0. The number of likely N-dealkylation sites (tertiary alicyclic amines) is 1. The van der Waals surface area contributed by atoms with Crippen LogP contribution in [0.4, 0.5) is 4.39 Å². The van der Waals surface area contributed by atoms with E-state index in [2.05, 4.69) is 0 Å². The number of halogens is 1. The summed E-state index contributed by atoms with van der Waals surface area (Å²) in [5.74, 6) is -0.534. The van der Waals surface area contributed by atoms with E-state index in [1.165, 1.54) is 17.0 Å². The van der Waals surface area contributed by atoms with Crippen LogP contribution in [-0.2, 0) is 22.6 Å². The third kappa shape index (κ3) is 4.12. The Labute approximate surface area is 146 Å². The molecule has 2 amide bonds. The van der Waals surface area contributed by atoms with Crippen molar-refractivity contribution in [3.05, 3.63) is 71.5 Å². The number of amides is 2. The van der Waals surface area contributed by atoms with Crippen molar-refractivity contribution in [2.45, 2.75) is 25.4 Å². The highest BCUT2D eigenvalue weighted by Gasteiger charge is 2.40. The molecule has 3 rings (SSSR count). The van der Waals surface area contributed by atoms with Gasteiger partial charge in [-0.1, -0.05) is 42.5 Å². The Balaban J connectivity index is 1.59. The highest BCUT2D eigenvalue weighted by molar-refractivity contribution is 6.05. The summed E-state index contributed by atoms with van der Waals surface area (Å²) in [6, 6.07) is 15.4. The minimum absolute atomic E-state index is 0.132. The number of hydrogen-bond acceptors (Lipinski definition) is 3. The standard InChI is InChI=1S/C20H21FN2O2/c1-22(12-11-15-7-9-17(21)10-8-15)18-13-19(24)23(20(18)25)14-16-5-3-2-4-6-16/h2-10,18H,11-14H2,1H3. The average Bonchev–Trinajstić information content (AvgIpc) is 2.90. The summed E-state index contributed by atoms with van der Waals surface area (Å²) >= 11 is 0. The minimum atomic E-state index is -0.420. The van der Waals surface area contributed by atoms with Gasteiger partial charge in [-0.2, -0.15) is 0 Å². The predicted molar refractivity (Wildman–Crippen MR) is 93.1 cm³/mol. The van der Waals surface area contributed by atoms with Gasteiger partial charge in [0.25, 0.3) is 0 Å². The second kappa shape index (κ2) is 7.57. The molecule has 5 heteroatoms. The van der Waals surface area contributed by atoms with Crippen LogP contribution in [0.2, 0.25) is 0 Å². The van der Waals surface area contributed by atoms with Crippen molar-refractivity contribution in [3.8, 4) is 0 Å². The summed E-state index contributed by atoms with van der Waals surface area (Å²) < 4.78 is 12.9. The average molecular weight is 340 g/mol. The highest BCUT2D eigenvalue weighted by Crippen LogP contribution is 2.20. The van der Waals surface area contributed by atoms with Crippen molar-refractivity contribution >= 4 is 11.8 Å². The second-order valence-corrected chi connectivity index (χ2v) is 6.38. The zero-order valence-corrected chi connectivity index (χ0v) is 14.2. The van der Waals surface area contributed by atoms with Gasteiger partial charge in [-0.05, 0) is 36.7 Å². The number of imide groups is 1. The predicted octanol–water partition coefficient (Wildman–Crippen LogP) is 2.63. The molecular formula is C20H21FN2O2. The van der Waals surface area contributed by atoms with E-state index < -0.39 is 6.04 Å². The Morgan fingerprint density at radius 3 is 2.40 bits per heavy atom. The minimum Gasteiger partial charge on any atom is -0.294 e. The van der Waals surface area contributed by atoms with Gasteiger partial charge in [-0.25, -0.2) is 4.39 Å². The van der Waals surface area contributed by atoms with Crippen LogP contribution in [-0.4, -0.2) is 41.2 Å². The Morgan fingerprint density at radius 2 is 1.72 bits per heavy atom. The molecule has 0 aromatic heterocycles. The summed E-state index contributed by atoms with van der Waals surface area (Å²) in [6.45, 7) is 0.954. The molecule has 0 aliphatic carbocycles. The van der Waals surface area contributed by atoms with Gasteiger partial charge in [0.2, 0.25) is 11.8 Å². The third-order valence-electron chi connectivity index (χ3n) is 4.60. The number of likely N-dealkylation sites (N-methyl/N-ethyl adjacent to an activating group) is 1. The molecule has 4 nitrogen and oxygen atoms in total. The largest absolute Gasteiger partial charge is 0.294 e. The fourth-order valence-corrected chi connectivity index (χ4v) is 3.05. The smallest absolute Gasteiger partial charge is 0.247 e. The quantitative estimate of drug-likeness (QED) is 0.759. The van der Waals surface area contributed by atoms with E-state index in [0.717, 1.165) is 11.1 Å². The Morgan fingerprint density at radius 1 is 1.04 bits per heavy atom. The molecule has 1 aliphatic rings. The molecular weight excluding hydrogens is 319 g/mol. The lowest BCUT2D eigenvalue weighted by Crippen LogP contribution is -2.40. The van der Waals surface area contributed by atoms with E-state index in [4.69, 9.17) is 0 Å². The second-order valence-electron chi connectivity index (χ2n) is 6.38. The maximum Gasteiger partial charge on any atom is 0.247 e. The van der Waals surface area contributed by atoms with Crippen LogP contribution in [0.25, 0.3) is 0 Å². The van der Waals surface area contributed by atoms with E-state index in [1.807, 2.05) is 42.3 Å². The third-order valence-corrected chi connectivity index (χ3v) is 4.60. The van der Waals surface area contributed by atoms with Gasteiger partial charge in [0.1, 0.15) is 5.82 Å². The molecule has 1 unspecified atom stereocenters. The van der Waals surface area contributed by atoms with Gasteiger partial charge >= 0.3 is 0 Å². The lowest BCUT2D eigenvalue weighted by atomic mass is 10.1. The first kappa shape index (κ1) is 17.3. The van der Waals surface area contributed by atoms with Crippen LogP contribution >= 0.6 is 0 Å². The molecule has 1 heterocycles. The zero-order chi connectivity index (χ0) is 17.8. The molecule has 130 valence electrons. The van der Waals surface area contributed by atoms with Crippen LogP contribution < -0.4 is 0 Å². The topological polar surface area (TPSA) is 40.6 Å². The normalized spacial score (nSPS) is 17.6. The lowest BCUT2D eigenvalue weighted by molar-refractivity contribution is -0.140. The van der Waals surface area contributed by atoms with Gasteiger partial charge in [0, 0.05) is 6.54 Å². The highest BCUT2D eigenvalue weighted by atomic mass is 19.1. The van der Waals surface area contributed by atoms with E-state index in [9.17, 15) is 14.0 Å². The number of nitrogens with zero attached hydrogens (tertiary/aromatic N) is 2. The van der Waals surface area contributed by atoms with Crippen LogP contribution in [0, 0.1) is 5.82 Å². The maximum atomic E-state index is 12.9. The molecule has 0 saturated carbocycles. The van der Waals surface area contributed by atoms with Crippen molar-refractivity contribution in [3.63, 3.8) is 0 Å². The van der Waals surface area contributed by atoms with Crippen LogP contribution in [0.15, 0.2) is 54.6 Å². The molecule has 0 radical (unpaired) electrons. The Bertz CT molecular complexity index is 746. The summed E-state index contributed by atoms with van der Waals surface area (Å²) in [6.07, 6.45) is 0.916. The summed E-state index contributed by atoms with van der Waals surface area (Å²) in [5, 5.41) is 0. The fraction of sp³-hybridized carbons (Fsp3) is 0.300. The van der Waals surface area contributed by atoms with E-state index in [0.29, 0.717) is 19.5 Å². The number of carbonyl (C=O) groups excluding carboxylic acids is 2. The Kier molecular flexibility index (Phi) is 5.24. The van der Waals surface area contributed by atoms with E-state index in [1.54, 1.807) is 12.1 Å². The van der Waals surface area contributed by atoms with Crippen molar-refractivity contribution in [2.75, 3.05) is 13.6 Å². The van der Waals surface area contributed by atoms with Crippen LogP contribution in [0.1, 0.15) is 17.5 Å². The van der Waals surface area contributed by atoms with Crippen LogP contribution in [0.3, 0.4) is 0 Å². The molecule has 25 heavy (non-hydrogen) atoms.